The van der Waals surface area contributed by atoms with Crippen LogP contribution in [0.5, 0.6) is 0 Å². The van der Waals surface area contributed by atoms with E-state index in [0.29, 0.717) is 19.4 Å². The molecule has 1 N–H and O–H groups in total. The molecule has 4 heterocycles. The third-order valence-corrected chi connectivity index (χ3v) is 7.74. The van der Waals surface area contributed by atoms with Crippen molar-refractivity contribution in [3.05, 3.63) is 24.3 Å². The average molecular weight is 461 g/mol. The molecule has 4 aliphatic heterocycles. The molecule has 8 heteroatoms. The summed E-state index contributed by atoms with van der Waals surface area (Å²) in [5.41, 5.74) is -2.31. The maximum atomic E-state index is 14.0. The highest BCUT2D eigenvalue weighted by atomic mass is 16.6. The van der Waals surface area contributed by atoms with E-state index in [4.69, 9.17) is 9.47 Å². The highest BCUT2D eigenvalue weighted by molar-refractivity contribution is 5.99. The van der Waals surface area contributed by atoms with E-state index in [0.717, 1.165) is 19.3 Å². The summed E-state index contributed by atoms with van der Waals surface area (Å²) in [5, 5.41) is 9.73. The molecule has 2 unspecified atom stereocenters. The number of β-amino-alcohol motifs (C(OH)–C–C–N with tert-alkyl or cyclic N) is 1. The number of rotatable bonds is 6. The molecule has 0 bridgehead atoms. The van der Waals surface area contributed by atoms with Gasteiger partial charge in [0.15, 0.2) is 0 Å². The maximum absolute atomic E-state index is 14.0. The lowest BCUT2D eigenvalue weighted by atomic mass is 9.73. The van der Waals surface area contributed by atoms with E-state index in [1.54, 1.807) is 4.90 Å². The molecule has 2 amide bonds. The normalized spacial score (nSPS) is 37.9. The number of allylic oxidation sites excluding steroid dienone is 1. The van der Waals surface area contributed by atoms with Gasteiger partial charge in [0, 0.05) is 19.1 Å². The molecule has 2 saturated heterocycles. The van der Waals surface area contributed by atoms with E-state index in [9.17, 15) is 19.5 Å². The number of hydrogen-bond acceptors (Lipinski definition) is 6. The van der Waals surface area contributed by atoms with Crippen LogP contribution in [0.15, 0.2) is 24.3 Å². The van der Waals surface area contributed by atoms with Crippen LogP contribution in [0.3, 0.4) is 0 Å². The first-order valence-corrected chi connectivity index (χ1v) is 12.3. The lowest BCUT2D eigenvalue weighted by molar-refractivity contribution is -0.161. The number of nitrogens with zero attached hydrogens (tertiary/aromatic N) is 2. The van der Waals surface area contributed by atoms with Crippen molar-refractivity contribution in [1.82, 2.24) is 9.80 Å². The highest BCUT2D eigenvalue weighted by Crippen LogP contribution is 2.58. The number of carbonyl (C=O) groups is 3. The Morgan fingerprint density at radius 2 is 1.94 bits per heavy atom. The minimum atomic E-state index is -1.28. The van der Waals surface area contributed by atoms with Gasteiger partial charge in [0.05, 0.1) is 19.1 Å². The number of fused-ring (bicyclic) bond motifs is 2. The van der Waals surface area contributed by atoms with E-state index >= 15 is 0 Å². The van der Waals surface area contributed by atoms with E-state index in [1.165, 1.54) is 4.90 Å². The largest absolute Gasteiger partial charge is 0.465 e. The van der Waals surface area contributed by atoms with Gasteiger partial charge in [0.25, 0.3) is 0 Å². The number of cyclic esters (lactones) is 1. The van der Waals surface area contributed by atoms with Gasteiger partial charge in [-0.3, -0.25) is 14.4 Å². The fraction of sp³-hybridized carbons (Fsp3) is 0.720. The second-order valence-electron chi connectivity index (χ2n) is 9.62. The molecule has 0 aromatic carbocycles. The average Bonchev–Trinajstić information content (AvgIpc) is 3.16. The number of likely N-dealkylation sites (tertiary alicyclic amines) is 1. The molecule has 33 heavy (non-hydrogen) atoms. The number of aliphatic hydroxyl groups is 1. The molecule has 0 aliphatic carbocycles. The van der Waals surface area contributed by atoms with Crippen LogP contribution in [-0.2, 0) is 23.9 Å². The summed E-state index contributed by atoms with van der Waals surface area (Å²) >= 11 is 0. The molecule has 2 fully saturated rings. The molecule has 1 spiro atoms. The summed E-state index contributed by atoms with van der Waals surface area (Å²) in [4.78, 5) is 44.4. The predicted molar refractivity (Wildman–Crippen MR) is 121 cm³/mol. The first kappa shape index (κ1) is 24.0. The summed E-state index contributed by atoms with van der Waals surface area (Å²) in [5.74, 6) is -2.72. The van der Waals surface area contributed by atoms with Crippen molar-refractivity contribution in [2.45, 2.75) is 76.2 Å². The number of ether oxygens (including phenoxy) is 2. The summed E-state index contributed by atoms with van der Waals surface area (Å²) in [6.07, 6.45) is 11.3. The van der Waals surface area contributed by atoms with Crippen molar-refractivity contribution in [2.75, 3.05) is 26.3 Å². The quantitative estimate of drug-likeness (QED) is 0.480. The summed E-state index contributed by atoms with van der Waals surface area (Å²) in [6, 6.07) is -0.934. The fourth-order valence-corrected chi connectivity index (χ4v) is 6.21. The first-order valence-electron chi connectivity index (χ1n) is 12.3. The molecule has 8 nitrogen and oxygen atoms in total. The zero-order valence-electron chi connectivity index (χ0n) is 19.9. The van der Waals surface area contributed by atoms with Crippen LogP contribution in [0.2, 0.25) is 0 Å². The smallest absolute Gasteiger partial charge is 0.313 e. The minimum absolute atomic E-state index is 0.00369. The van der Waals surface area contributed by atoms with Crippen LogP contribution >= 0.6 is 0 Å². The molecular weight excluding hydrogens is 424 g/mol. The number of esters is 1. The van der Waals surface area contributed by atoms with E-state index in [-0.39, 0.29) is 37.6 Å². The van der Waals surface area contributed by atoms with Crippen LogP contribution in [0.1, 0.15) is 52.9 Å². The Bertz CT molecular complexity index is 856. The highest BCUT2D eigenvalue weighted by Gasteiger charge is 2.75. The van der Waals surface area contributed by atoms with Crippen LogP contribution < -0.4 is 0 Å². The Morgan fingerprint density at radius 1 is 1.15 bits per heavy atom. The maximum Gasteiger partial charge on any atom is 0.313 e. The monoisotopic (exact) mass is 460 g/mol. The molecule has 6 atom stereocenters. The van der Waals surface area contributed by atoms with Gasteiger partial charge < -0.3 is 24.4 Å². The first-order chi connectivity index (χ1) is 15.9. The molecule has 0 aromatic rings. The Hall–Kier alpha value is -2.19. The van der Waals surface area contributed by atoms with Gasteiger partial charge in [0.1, 0.15) is 23.2 Å². The zero-order chi connectivity index (χ0) is 23.8. The topological polar surface area (TPSA) is 96.4 Å². The predicted octanol–water partition coefficient (Wildman–Crippen LogP) is 1.82. The van der Waals surface area contributed by atoms with Gasteiger partial charge in [-0.25, -0.2) is 0 Å². The molecule has 182 valence electrons. The van der Waals surface area contributed by atoms with Gasteiger partial charge in [-0.2, -0.15) is 0 Å². The van der Waals surface area contributed by atoms with Crippen molar-refractivity contribution < 1.29 is 29.0 Å². The third kappa shape index (κ3) is 3.62. The Kier molecular flexibility index (Phi) is 6.69. The van der Waals surface area contributed by atoms with Crippen molar-refractivity contribution in [2.24, 2.45) is 11.8 Å². The van der Waals surface area contributed by atoms with Crippen LogP contribution in [0, 0.1) is 11.8 Å². The SMILES string of the molecule is CCCC(C)N1CC=C[C@]23O[C@@]4(CC)/C=C\CCCOC(=O)[C@H]4[C@H]2C(=O)N(CCO)C3C1=O. The second-order valence-corrected chi connectivity index (χ2v) is 9.62. The van der Waals surface area contributed by atoms with E-state index in [1.807, 2.05) is 38.2 Å². The number of carbonyl (C=O) groups excluding carboxylic acids is 3. The summed E-state index contributed by atoms with van der Waals surface area (Å²) in [6.45, 7) is 6.46. The Balaban J connectivity index is 1.86. The van der Waals surface area contributed by atoms with Crippen LogP contribution in [-0.4, -0.2) is 82.3 Å². The Morgan fingerprint density at radius 3 is 2.64 bits per heavy atom. The second kappa shape index (κ2) is 9.22. The zero-order valence-corrected chi connectivity index (χ0v) is 19.9. The van der Waals surface area contributed by atoms with Gasteiger partial charge in [-0.1, -0.05) is 44.6 Å². The van der Waals surface area contributed by atoms with Gasteiger partial charge in [-0.15, -0.1) is 0 Å². The fourth-order valence-electron chi connectivity index (χ4n) is 6.21. The summed E-state index contributed by atoms with van der Waals surface area (Å²) < 4.78 is 12.4. The van der Waals surface area contributed by atoms with Crippen molar-refractivity contribution in [1.29, 1.82) is 0 Å². The number of amides is 2. The third-order valence-electron chi connectivity index (χ3n) is 7.74. The standard InChI is InChI=1S/C25H36N2O6/c1-4-10-17(3)26-13-9-12-25-18(21(29)27(14-15-28)20(25)22(26)30)19-23(31)32-16-8-6-7-11-24(19,5-2)33-25/h7,9,11-12,17-20,28H,4-6,8,10,13-16H2,1-3H3/b11-7-/t17?,18-,19+,20?,24-,25-/m0/s1. The van der Waals surface area contributed by atoms with Gasteiger partial charge in [-0.05, 0) is 32.6 Å². The van der Waals surface area contributed by atoms with Gasteiger partial charge >= 0.3 is 5.97 Å². The summed E-state index contributed by atoms with van der Waals surface area (Å²) in [7, 11) is 0. The number of hydrogen-bond donors (Lipinski definition) is 1. The molecule has 0 radical (unpaired) electrons. The minimum Gasteiger partial charge on any atom is -0.465 e. The molecular formula is C25H36N2O6. The molecule has 0 aromatic heterocycles. The van der Waals surface area contributed by atoms with E-state index in [2.05, 4.69) is 6.92 Å². The van der Waals surface area contributed by atoms with Crippen LogP contribution in [0.4, 0.5) is 0 Å². The number of aliphatic hydroxyl groups excluding tert-OH is 1. The molecule has 4 rings (SSSR count). The van der Waals surface area contributed by atoms with Crippen molar-refractivity contribution >= 4 is 17.8 Å². The molecule has 0 saturated carbocycles. The van der Waals surface area contributed by atoms with Crippen molar-refractivity contribution in [3.8, 4) is 0 Å². The molecule has 4 aliphatic rings. The Labute approximate surface area is 195 Å². The lowest BCUT2D eigenvalue weighted by Crippen LogP contribution is -2.57. The van der Waals surface area contributed by atoms with E-state index < -0.39 is 35.0 Å². The lowest BCUT2D eigenvalue weighted by Gasteiger charge is -2.39. The van der Waals surface area contributed by atoms with Crippen LogP contribution in [0.25, 0.3) is 0 Å². The van der Waals surface area contributed by atoms with Gasteiger partial charge in [0.2, 0.25) is 11.8 Å². The van der Waals surface area contributed by atoms with Crippen molar-refractivity contribution in [3.63, 3.8) is 0 Å².